The number of methoxy groups -OCH3 is 1. The van der Waals surface area contributed by atoms with Crippen molar-refractivity contribution in [1.29, 1.82) is 0 Å². The molecule has 0 spiro atoms. The number of ether oxygens (including phenoxy) is 1. The number of hydrogen-bond acceptors (Lipinski definition) is 6. The zero-order valence-electron chi connectivity index (χ0n) is 7.26. The summed E-state index contributed by atoms with van der Waals surface area (Å²) in [5, 5.41) is 3.86. The van der Waals surface area contributed by atoms with Crippen LogP contribution in [-0.2, 0) is 0 Å². The third-order valence-electron chi connectivity index (χ3n) is 1.56. The van der Waals surface area contributed by atoms with Gasteiger partial charge in [-0.2, -0.15) is 4.98 Å². The Balaban J connectivity index is 2.28. The summed E-state index contributed by atoms with van der Waals surface area (Å²) >= 11 is 2.68. The highest BCUT2D eigenvalue weighted by Gasteiger charge is 2.14. The summed E-state index contributed by atoms with van der Waals surface area (Å²) in [6, 6.07) is 0. The van der Waals surface area contributed by atoms with Crippen molar-refractivity contribution in [3.05, 3.63) is 27.7 Å². The Labute approximate surface area is 88.2 Å². The standard InChI is InChI=1S/C8H6N2O2S2/c1-12-8-10-6(3-14-8)7(11)5-2-13-4-9-5/h2-4H,1H3. The minimum atomic E-state index is -0.161. The number of carbonyl (C=O) groups excluding carboxylic acids is 1. The Hall–Kier alpha value is -1.27. The normalized spacial score (nSPS) is 10.1. The van der Waals surface area contributed by atoms with E-state index in [-0.39, 0.29) is 5.78 Å². The van der Waals surface area contributed by atoms with Gasteiger partial charge < -0.3 is 4.74 Å². The highest BCUT2D eigenvalue weighted by Crippen LogP contribution is 2.19. The van der Waals surface area contributed by atoms with Crippen molar-refractivity contribution in [3.63, 3.8) is 0 Å². The predicted octanol–water partition coefficient (Wildman–Crippen LogP) is 1.84. The topological polar surface area (TPSA) is 52.1 Å². The van der Waals surface area contributed by atoms with E-state index in [1.54, 1.807) is 16.3 Å². The van der Waals surface area contributed by atoms with Crippen LogP contribution < -0.4 is 4.74 Å². The maximum atomic E-state index is 11.7. The Bertz CT molecular complexity index is 436. The molecule has 0 saturated carbocycles. The number of aromatic nitrogens is 2. The van der Waals surface area contributed by atoms with E-state index in [0.29, 0.717) is 16.6 Å². The minimum absolute atomic E-state index is 0.161. The van der Waals surface area contributed by atoms with Gasteiger partial charge in [-0.1, -0.05) is 11.3 Å². The molecule has 6 heteroatoms. The zero-order valence-corrected chi connectivity index (χ0v) is 8.89. The molecule has 0 saturated heterocycles. The maximum Gasteiger partial charge on any atom is 0.273 e. The van der Waals surface area contributed by atoms with E-state index < -0.39 is 0 Å². The Morgan fingerprint density at radius 3 is 2.86 bits per heavy atom. The van der Waals surface area contributed by atoms with Crippen LogP contribution >= 0.6 is 22.7 Å². The molecule has 72 valence electrons. The number of thiazole rings is 2. The molecular weight excluding hydrogens is 220 g/mol. The molecule has 0 aromatic carbocycles. The van der Waals surface area contributed by atoms with Crippen LogP contribution in [0.15, 0.2) is 16.3 Å². The van der Waals surface area contributed by atoms with E-state index in [9.17, 15) is 4.79 Å². The quantitative estimate of drug-likeness (QED) is 0.749. The van der Waals surface area contributed by atoms with E-state index in [4.69, 9.17) is 4.74 Å². The van der Waals surface area contributed by atoms with Crippen molar-refractivity contribution >= 4 is 28.5 Å². The van der Waals surface area contributed by atoms with Crippen LogP contribution in [0.5, 0.6) is 5.19 Å². The number of rotatable bonds is 3. The average molecular weight is 226 g/mol. The molecule has 0 bridgehead atoms. The molecule has 0 aliphatic carbocycles. The van der Waals surface area contributed by atoms with Crippen LogP contribution in [0.2, 0.25) is 0 Å². The van der Waals surface area contributed by atoms with Gasteiger partial charge in [0.05, 0.1) is 12.6 Å². The lowest BCUT2D eigenvalue weighted by Gasteiger charge is -1.90. The number of carbonyl (C=O) groups is 1. The Morgan fingerprint density at radius 1 is 1.43 bits per heavy atom. The van der Waals surface area contributed by atoms with Crippen LogP contribution in [0.3, 0.4) is 0 Å². The van der Waals surface area contributed by atoms with Gasteiger partial charge in [0.15, 0.2) is 0 Å². The lowest BCUT2D eigenvalue weighted by Crippen LogP contribution is -2.01. The molecule has 2 rings (SSSR count). The highest BCUT2D eigenvalue weighted by molar-refractivity contribution is 7.11. The van der Waals surface area contributed by atoms with Crippen LogP contribution in [0, 0.1) is 0 Å². The lowest BCUT2D eigenvalue weighted by atomic mass is 10.2. The van der Waals surface area contributed by atoms with Crippen LogP contribution in [0.1, 0.15) is 16.2 Å². The number of ketones is 1. The molecule has 4 nitrogen and oxygen atoms in total. The van der Waals surface area contributed by atoms with Gasteiger partial charge in [0.25, 0.3) is 5.19 Å². The molecule has 2 aromatic heterocycles. The van der Waals surface area contributed by atoms with Gasteiger partial charge in [0, 0.05) is 10.8 Å². The molecule has 0 amide bonds. The van der Waals surface area contributed by atoms with Gasteiger partial charge in [0.1, 0.15) is 11.4 Å². The van der Waals surface area contributed by atoms with Crippen LogP contribution in [-0.4, -0.2) is 22.9 Å². The third kappa shape index (κ3) is 1.66. The fourth-order valence-electron chi connectivity index (χ4n) is 0.911. The summed E-state index contributed by atoms with van der Waals surface area (Å²) in [5.41, 5.74) is 2.44. The molecular formula is C8H6N2O2S2. The number of hydrogen-bond donors (Lipinski definition) is 0. The van der Waals surface area contributed by atoms with Crippen LogP contribution in [0.4, 0.5) is 0 Å². The van der Waals surface area contributed by atoms with Crippen molar-refractivity contribution in [3.8, 4) is 5.19 Å². The van der Waals surface area contributed by atoms with Gasteiger partial charge in [-0.15, -0.1) is 11.3 Å². The van der Waals surface area contributed by atoms with Crippen LogP contribution in [0.25, 0.3) is 0 Å². The molecule has 0 atom stereocenters. The van der Waals surface area contributed by atoms with Crippen molar-refractivity contribution in [1.82, 2.24) is 9.97 Å². The zero-order chi connectivity index (χ0) is 9.97. The van der Waals surface area contributed by atoms with E-state index in [1.807, 2.05) is 0 Å². The summed E-state index contributed by atoms with van der Waals surface area (Å²) in [6.07, 6.45) is 0. The monoisotopic (exact) mass is 226 g/mol. The second kappa shape index (κ2) is 3.85. The van der Waals surface area contributed by atoms with Crippen molar-refractivity contribution < 1.29 is 9.53 Å². The summed E-state index contributed by atoms with van der Waals surface area (Å²) < 4.78 is 4.90. The lowest BCUT2D eigenvalue weighted by molar-refractivity contribution is 0.103. The predicted molar refractivity (Wildman–Crippen MR) is 54.2 cm³/mol. The third-order valence-corrected chi connectivity index (χ3v) is 2.94. The molecule has 14 heavy (non-hydrogen) atoms. The molecule has 0 radical (unpaired) electrons. The maximum absolute atomic E-state index is 11.7. The summed E-state index contributed by atoms with van der Waals surface area (Å²) in [5.74, 6) is -0.161. The summed E-state index contributed by atoms with van der Waals surface area (Å²) in [4.78, 5) is 19.6. The van der Waals surface area contributed by atoms with Gasteiger partial charge >= 0.3 is 0 Å². The minimum Gasteiger partial charge on any atom is -0.473 e. The molecule has 2 aromatic rings. The van der Waals surface area contributed by atoms with Gasteiger partial charge in [-0.3, -0.25) is 4.79 Å². The second-order valence-electron chi connectivity index (χ2n) is 2.41. The first-order valence-corrected chi connectivity index (χ1v) is 5.56. The molecule has 0 aliphatic rings. The van der Waals surface area contributed by atoms with Crippen molar-refractivity contribution in [2.24, 2.45) is 0 Å². The first kappa shape index (κ1) is 9.29. The van der Waals surface area contributed by atoms with Gasteiger partial charge in [0.2, 0.25) is 5.78 Å². The summed E-state index contributed by atoms with van der Waals surface area (Å²) in [7, 11) is 1.52. The van der Waals surface area contributed by atoms with E-state index in [2.05, 4.69) is 9.97 Å². The molecule has 0 unspecified atom stereocenters. The molecule has 2 heterocycles. The van der Waals surface area contributed by atoms with Gasteiger partial charge in [-0.05, 0) is 0 Å². The summed E-state index contributed by atoms with van der Waals surface area (Å²) in [6.45, 7) is 0. The first-order chi connectivity index (χ1) is 6.81. The smallest absolute Gasteiger partial charge is 0.273 e. The van der Waals surface area contributed by atoms with E-state index in [1.165, 1.54) is 29.8 Å². The molecule has 0 N–H and O–H groups in total. The SMILES string of the molecule is COc1nc(C(=O)c2cscn2)cs1. The average Bonchev–Trinajstić information content (AvgIpc) is 2.88. The first-order valence-electron chi connectivity index (χ1n) is 3.73. The number of nitrogens with zero attached hydrogens (tertiary/aromatic N) is 2. The molecule has 0 aliphatic heterocycles. The largest absolute Gasteiger partial charge is 0.473 e. The van der Waals surface area contributed by atoms with Crippen molar-refractivity contribution in [2.75, 3.05) is 7.11 Å². The molecule has 0 fully saturated rings. The second-order valence-corrected chi connectivity index (χ2v) is 3.94. The van der Waals surface area contributed by atoms with E-state index in [0.717, 1.165) is 0 Å². The highest BCUT2D eigenvalue weighted by atomic mass is 32.1. The van der Waals surface area contributed by atoms with Crippen molar-refractivity contribution in [2.45, 2.75) is 0 Å². The Kier molecular flexibility index (Phi) is 2.55. The van der Waals surface area contributed by atoms with Gasteiger partial charge in [-0.25, -0.2) is 4.98 Å². The Morgan fingerprint density at radius 2 is 2.29 bits per heavy atom. The fraction of sp³-hybridized carbons (Fsp3) is 0.125. The van der Waals surface area contributed by atoms with E-state index >= 15 is 0 Å². The fourth-order valence-corrected chi connectivity index (χ4v) is 2.06.